The van der Waals surface area contributed by atoms with E-state index in [1.807, 2.05) is 41.5 Å². The van der Waals surface area contributed by atoms with E-state index in [1.54, 1.807) is 0 Å². The van der Waals surface area contributed by atoms with Gasteiger partial charge in [-0.05, 0) is 134 Å². The van der Waals surface area contributed by atoms with Crippen molar-refractivity contribution >= 4 is 0 Å². The molecule has 0 heterocycles. The minimum Gasteiger partial charge on any atom is -0.0859 e. The molecule has 0 N–H and O–H groups in total. The summed E-state index contributed by atoms with van der Waals surface area (Å²) >= 11 is 0. The maximum atomic E-state index is 2.79. The second-order valence-corrected chi connectivity index (χ2v) is 15.9. The normalized spacial score (nSPS) is 39.0. The van der Waals surface area contributed by atoms with Crippen LogP contribution in [0, 0.1) is 69.0 Å². The van der Waals surface area contributed by atoms with Crippen molar-refractivity contribution in [1.29, 1.82) is 0 Å². The molecule has 10 unspecified atom stereocenters. The summed E-state index contributed by atoms with van der Waals surface area (Å²) in [6.07, 6.45) is 14.0. The van der Waals surface area contributed by atoms with E-state index in [0.717, 1.165) is 47.3 Å². The van der Waals surface area contributed by atoms with Gasteiger partial charge in [0, 0.05) is 0 Å². The van der Waals surface area contributed by atoms with E-state index in [-0.39, 0.29) is 22.3 Å². The molecule has 0 radical (unpaired) electrons. The van der Waals surface area contributed by atoms with Gasteiger partial charge in [-0.15, -0.1) is 0 Å². The Morgan fingerprint density at radius 1 is 0.762 bits per heavy atom. The second-order valence-electron chi connectivity index (χ2n) is 15.9. The van der Waals surface area contributed by atoms with E-state index in [4.69, 9.17) is 0 Å². The summed E-state index contributed by atoms with van der Waals surface area (Å²) in [5, 5.41) is 0. The fraction of sp³-hybridized carbons (Fsp3) is 0.952. The molecule has 4 rings (SSSR count). The van der Waals surface area contributed by atoms with Crippen molar-refractivity contribution in [3.05, 3.63) is 11.6 Å². The molecule has 0 bridgehead atoms. The van der Waals surface area contributed by atoms with Gasteiger partial charge in [-0.1, -0.05) is 138 Å². The van der Waals surface area contributed by atoms with Crippen molar-refractivity contribution in [2.75, 3.05) is 0 Å². The lowest BCUT2D eigenvalue weighted by atomic mass is 9.35. The average Bonchev–Trinajstić information content (AvgIpc) is 3.35. The monoisotopic (exact) mass is 593 g/mol. The second kappa shape index (κ2) is 18.0. The van der Waals surface area contributed by atoms with Crippen LogP contribution in [0.2, 0.25) is 0 Å². The van der Waals surface area contributed by atoms with Gasteiger partial charge in [0.25, 0.3) is 0 Å². The lowest BCUT2D eigenvalue weighted by molar-refractivity contribution is -0.217. The van der Waals surface area contributed by atoms with Gasteiger partial charge in [0.1, 0.15) is 0 Å². The molecular formula is C42H88. The Morgan fingerprint density at radius 3 is 1.79 bits per heavy atom. The first-order chi connectivity index (χ1) is 18.2. The van der Waals surface area contributed by atoms with E-state index in [9.17, 15) is 0 Å². The fourth-order valence-electron chi connectivity index (χ4n) is 11.6. The molecule has 0 aliphatic heterocycles. The van der Waals surface area contributed by atoms with Crippen molar-refractivity contribution in [1.82, 2.24) is 0 Å². The van der Waals surface area contributed by atoms with Crippen molar-refractivity contribution in [2.45, 2.75) is 191 Å². The molecule has 0 spiro atoms. The predicted octanol–water partition coefficient (Wildman–Crippen LogP) is 15.2. The van der Waals surface area contributed by atoms with Gasteiger partial charge in [-0.2, -0.15) is 0 Å². The summed E-state index contributed by atoms with van der Waals surface area (Å²) in [5.41, 5.74) is 3.54. The first kappa shape index (κ1) is 46.2. The molecule has 4 fully saturated rings. The number of rotatable bonds is 4. The van der Waals surface area contributed by atoms with E-state index in [2.05, 4.69) is 82.2 Å². The Labute approximate surface area is 271 Å². The molecule has 10 atom stereocenters. The molecule has 42 heavy (non-hydrogen) atoms. The highest BCUT2D eigenvalue weighted by molar-refractivity contribution is 5.16. The number of fused-ring (bicyclic) bond motifs is 5. The van der Waals surface area contributed by atoms with Gasteiger partial charge < -0.3 is 0 Å². The van der Waals surface area contributed by atoms with Crippen LogP contribution < -0.4 is 0 Å². The molecule has 0 nitrogen and oxygen atoms in total. The molecule has 4 aliphatic carbocycles. The lowest BCUT2D eigenvalue weighted by Gasteiger charge is -2.70. The van der Waals surface area contributed by atoms with Crippen LogP contribution in [0.25, 0.3) is 0 Å². The lowest BCUT2D eigenvalue weighted by Crippen LogP contribution is -2.63. The van der Waals surface area contributed by atoms with Crippen LogP contribution in [-0.2, 0) is 0 Å². The number of hydrogen-bond acceptors (Lipinski definition) is 0. The highest BCUT2D eigenvalue weighted by Crippen LogP contribution is 2.74. The van der Waals surface area contributed by atoms with E-state index < -0.39 is 0 Å². The largest absolute Gasteiger partial charge is 0.0859 e. The van der Waals surface area contributed by atoms with Crippen LogP contribution in [0.4, 0.5) is 0 Å². The standard InChI is InChI=1S/C33H58.3C2H6.3CH4/c1-21(2)13-12-17-30(6,7)25-14-15-26-28(25)22(3)19-27-32(10)18-16-24(5)31(8,9)29(32)23(4)20-33(26,27)11;3*1-2;;;/h13,22-29H,12,14-20H2,1-11H3;3*1-2H3;3*1H4. The molecule has 0 saturated heterocycles. The van der Waals surface area contributed by atoms with Crippen LogP contribution >= 0.6 is 0 Å². The zero-order valence-corrected chi connectivity index (χ0v) is 30.4. The van der Waals surface area contributed by atoms with Crippen LogP contribution in [0.1, 0.15) is 191 Å². The van der Waals surface area contributed by atoms with Gasteiger partial charge in [-0.25, -0.2) is 0 Å². The first-order valence-corrected chi connectivity index (χ1v) is 17.8. The number of allylic oxidation sites excluding steroid dienone is 2. The molecule has 0 aromatic heterocycles. The third-order valence-corrected chi connectivity index (χ3v) is 13.0. The molecule has 256 valence electrons. The summed E-state index contributed by atoms with van der Waals surface area (Å²) in [6, 6.07) is 0. The zero-order valence-electron chi connectivity index (χ0n) is 30.4. The Bertz CT molecular complexity index is 750. The van der Waals surface area contributed by atoms with Crippen molar-refractivity contribution in [3.63, 3.8) is 0 Å². The highest BCUT2D eigenvalue weighted by Gasteiger charge is 2.67. The van der Waals surface area contributed by atoms with Crippen LogP contribution in [0.15, 0.2) is 11.6 Å². The summed E-state index contributed by atoms with van der Waals surface area (Å²) in [4.78, 5) is 0. The molecule has 0 aromatic rings. The third-order valence-electron chi connectivity index (χ3n) is 13.0. The number of hydrogen-bond donors (Lipinski definition) is 0. The molecule has 4 aliphatic rings. The maximum Gasteiger partial charge on any atom is -0.0256 e. The van der Waals surface area contributed by atoms with E-state index in [1.165, 1.54) is 56.9 Å². The first-order valence-electron chi connectivity index (χ1n) is 17.8. The Kier molecular flexibility index (Phi) is 19.8. The molecule has 0 amide bonds. The van der Waals surface area contributed by atoms with E-state index >= 15 is 0 Å². The third kappa shape index (κ3) is 8.31. The SMILES string of the molecule is C.C.C.CC.CC.CC.CC(C)=CCCC(C)(C)C1CCC2C1C(C)CC1C2(C)CC(C)C2C(C)(C)C(C)CCC21C. The van der Waals surface area contributed by atoms with Gasteiger partial charge in [0.05, 0.1) is 0 Å². The topological polar surface area (TPSA) is 0 Å². The fourth-order valence-corrected chi connectivity index (χ4v) is 11.6. The highest BCUT2D eigenvalue weighted by atomic mass is 14.7. The summed E-state index contributed by atoms with van der Waals surface area (Å²) in [5.74, 6) is 7.30. The Balaban J connectivity index is -0.00000159. The van der Waals surface area contributed by atoms with Crippen molar-refractivity contribution in [2.24, 2.45) is 69.0 Å². The van der Waals surface area contributed by atoms with Crippen molar-refractivity contribution in [3.8, 4) is 0 Å². The minimum absolute atomic E-state index is 0. The van der Waals surface area contributed by atoms with Crippen LogP contribution in [0.3, 0.4) is 0 Å². The maximum absolute atomic E-state index is 2.79. The summed E-state index contributed by atoms with van der Waals surface area (Å²) in [7, 11) is 0. The van der Waals surface area contributed by atoms with Gasteiger partial charge in [0.2, 0.25) is 0 Å². The van der Waals surface area contributed by atoms with Crippen LogP contribution in [0.5, 0.6) is 0 Å². The smallest absolute Gasteiger partial charge is 0.0256 e. The Hall–Kier alpha value is -0.260. The van der Waals surface area contributed by atoms with Crippen LogP contribution in [-0.4, -0.2) is 0 Å². The molecule has 0 aromatic carbocycles. The van der Waals surface area contributed by atoms with Gasteiger partial charge >= 0.3 is 0 Å². The summed E-state index contributed by atoms with van der Waals surface area (Å²) < 4.78 is 0. The van der Waals surface area contributed by atoms with E-state index in [0.29, 0.717) is 21.7 Å². The predicted molar refractivity (Wildman–Crippen MR) is 199 cm³/mol. The minimum atomic E-state index is 0. The van der Waals surface area contributed by atoms with Gasteiger partial charge in [-0.3, -0.25) is 0 Å². The average molecular weight is 593 g/mol. The molecule has 4 saturated carbocycles. The molecule has 0 heteroatoms. The quantitative estimate of drug-likeness (QED) is 0.285. The zero-order chi connectivity index (χ0) is 30.6. The van der Waals surface area contributed by atoms with Crippen molar-refractivity contribution < 1.29 is 0 Å². The molecular weight excluding hydrogens is 504 g/mol. The Morgan fingerprint density at radius 2 is 1.29 bits per heavy atom. The summed E-state index contributed by atoms with van der Waals surface area (Å²) in [6.45, 7) is 40.5. The van der Waals surface area contributed by atoms with Gasteiger partial charge in [0.15, 0.2) is 0 Å².